The molecule has 1 aromatic rings. The van der Waals surface area contributed by atoms with E-state index < -0.39 is 0 Å². The van der Waals surface area contributed by atoms with Gasteiger partial charge in [0.15, 0.2) is 0 Å². The molecular weight excluding hydrogens is 337 g/mol. The summed E-state index contributed by atoms with van der Waals surface area (Å²) in [5.41, 5.74) is 0.775. The topological polar surface area (TPSA) is 38.3 Å². The van der Waals surface area contributed by atoms with Crippen LogP contribution in [0, 0.1) is 8.80 Å². The fourth-order valence-electron chi connectivity index (χ4n) is 1.73. The van der Waals surface area contributed by atoms with Crippen molar-refractivity contribution in [3.05, 3.63) is 19.9 Å². The molecule has 0 aliphatic carbocycles. The van der Waals surface area contributed by atoms with Gasteiger partial charge in [0.1, 0.15) is 0 Å². The van der Waals surface area contributed by atoms with Gasteiger partial charge in [0.25, 0.3) is 5.91 Å². The first-order valence-corrected chi connectivity index (χ1v) is 7.31. The van der Waals surface area contributed by atoms with Crippen LogP contribution in [-0.4, -0.2) is 25.7 Å². The highest BCUT2D eigenvalue weighted by molar-refractivity contribution is 14.1. The summed E-state index contributed by atoms with van der Waals surface area (Å²) >= 11 is 3.82. The van der Waals surface area contributed by atoms with Crippen molar-refractivity contribution in [1.29, 1.82) is 0 Å². The predicted octanol–water partition coefficient (Wildman–Crippen LogP) is 2.51. The zero-order valence-electron chi connectivity index (χ0n) is 8.87. The Morgan fingerprint density at radius 3 is 3.19 bits per heavy atom. The standard InChI is InChI=1S/C11H14INO2S/c12-10-5-9(7-16-10)11(14)13-3-1-8-2-4-15-6-8/h5,7-8H,1-4,6H2,(H,13,14). The van der Waals surface area contributed by atoms with Gasteiger partial charge in [-0.2, -0.15) is 0 Å². The van der Waals surface area contributed by atoms with E-state index in [-0.39, 0.29) is 5.91 Å². The Morgan fingerprint density at radius 2 is 2.56 bits per heavy atom. The van der Waals surface area contributed by atoms with Gasteiger partial charge >= 0.3 is 0 Å². The van der Waals surface area contributed by atoms with E-state index in [4.69, 9.17) is 4.74 Å². The number of carbonyl (C=O) groups excluding carboxylic acids is 1. The minimum absolute atomic E-state index is 0.0399. The molecule has 0 radical (unpaired) electrons. The lowest BCUT2D eigenvalue weighted by Gasteiger charge is -2.07. The van der Waals surface area contributed by atoms with Crippen LogP contribution in [0.4, 0.5) is 0 Å². The number of halogens is 1. The van der Waals surface area contributed by atoms with Crippen LogP contribution in [0.15, 0.2) is 11.4 Å². The summed E-state index contributed by atoms with van der Waals surface area (Å²) in [6.45, 7) is 2.48. The maximum Gasteiger partial charge on any atom is 0.252 e. The average Bonchev–Trinajstić information content (AvgIpc) is 2.89. The van der Waals surface area contributed by atoms with Crippen molar-refractivity contribution >= 4 is 39.8 Å². The first kappa shape index (κ1) is 12.3. The first-order valence-electron chi connectivity index (χ1n) is 5.35. The summed E-state index contributed by atoms with van der Waals surface area (Å²) in [6, 6.07) is 1.92. The molecule has 0 spiro atoms. The Bertz CT molecular complexity index is 361. The molecule has 2 rings (SSSR count). The Kier molecular flexibility index (Phi) is 4.60. The lowest BCUT2D eigenvalue weighted by Crippen LogP contribution is -2.25. The molecule has 5 heteroatoms. The number of amides is 1. The van der Waals surface area contributed by atoms with Crippen molar-refractivity contribution in [2.45, 2.75) is 12.8 Å². The van der Waals surface area contributed by atoms with Gasteiger partial charge in [-0.1, -0.05) is 0 Å². The molecule has 0 aromatic carbocycles. The molecule has 1 amide bonds. The Hall–Kier alpha value is -0.140. The summed E-state index contributed by atoms with van der Waals surface area (Å²) in [7, 11) is 0. The molecule has 1 unspecified atom stereocenters. The van der Waals surface area contributed by atoms with Crippen molar-refractivity contribution in [1.82, 2.24) is 5.32 Å². The zero-order chi connectivity index (χ0) is 11.4. The second kappa shape index (κ2) is 5.97. The molecule has 0 bridgehead atoms. The van der Waals surface area contributed by atoms with E-state index in [0.717, 1.165) is 41.0 Å². The predicted molar refractivity (Wildman–Crippen MR) is 72.9 cm³/mol. The van der Waals surface area contributed by atoms with Crippen LogP contribution in [0.1, 0.15) is 23.2 Å². The number of hydrogen-bond acceptors (Lipinski definition) is 3. The molecule has 1 fully saturated rings. The monoisotopic (exact) mass is 351 g/mol. The van der Waals surface area contributed by atoms with E-state index in [9.17, 15) is 4.79 Å². The van der Waals surface area contributed by atoms with E-state index in [0.29, 0.717) is 5.92 Å². The van der Waals surface area contributed by atoms with Gasteiger partial charge in [0.2, 0.25) is 0 Å². The van der Waals surface area contributed by atoms with E-state index in [1.54, 1.807) is 11.3 Å². The van der Waals surface area contributed by atoms with Gasteiger partial charge in [0, 0.05) is 25.1 Å². The molecule has 2 heterocycles. The van der Waals surface area contributed by atoms with Crippen LogP contribution in [0.3, 0.4) is 0 Å². The Labute approximate surface area is 113 Å². The highest BCUT2D eigenvalue weighted by Crippen LogP contribution is 2.17. The average molecular weight is 351 g/mol. The Morgan fingerprint density at radius 1 is 1.69 bits per heavy atom. The van der Waals surface area contributed by atoms with Crippen molar-refractivity contribution in [2.24, 2.45) is 5.92 Å². The lowest BCUT2D eigenvalue weighted by atomic mass is 10.1. The second-order valence-corrected chi connectivity index (χ2v) is 6.72. The summed E-state index contributed by atoms with van der Waals surface area (Å²) in [5, 5.41) is 4.85. The fraction of sp³-hybridized carbons (Fsp3) is 0.545. The van der Waals surface area contributed by atoms with Crippen molar-refractivity contribution < 1.29 is 9.53 Å². The molecule has 88 valence electrons. The molecule has 1 atom stereocenters. The quantitative estimate of drug-likeness (QED) is 0.847. The minimum atomic E-state index is 0.0399. The molecular formula is C11H14INO2S. The molecule has 1 saturated heterocycles. The van der Waals surface area contributed by atoms with Gasteiger partial charge in [0.05, 0.1) is 8.45 Å². The maximum atomic E-state index is 11.7. The molecule has 1 aromatic heterocycles. The van der Waals surface area contributed by atoms with Gasteiger partial charge < -0.3 is 10.1 Å². The van der Waals surface area contributed by atoms with Crippen LogP contribution in [0.5, 0.6) is 0 Å². The summed E-state index contributed by atoms with van der Waals surface area (Å²) in [4.78, 5) is 11.7. The van der Waals surface area contributed by atoms with Crippen LogP contribution < -0.4 is 5.32 Å². The van der Waals surface area contributed by atoms with E-state index >= 15 is 0 Å². The van der Waals surface area contributed by atoms with Crippen LogP contribution in [0.25, 0.3) is 0 Å². The fourth-order valence-corrected chi connectivity index (χ4v) is 3.06. The van der Waals surface area contributed by atoms with Crippen LogP contribution >= 0.6 is 33.9 Å². The van der Waals surface area contributed by atoms with Gasteiger partial charge in [-0.3, -0.25) is 4.79 Å². The number of ether oxygens (including phenoxy) is 1. The number of carbonyl (C=O) groups is 1. The molecule has 1 N–H and O–H groups in total. The largest absolute Gasteiger partial charge is 0.381 e. The molecule has 1 aliphatic rings. The van der Waals surface area contributed by atoms with Crippen molar-refractivity contribution in [3.8, 4) is 0 Å². The highest BCUT2D eigenvalue weighted by atomic mass is 127. The van der Waals surface area contributed by atoms with E-state index in [1.807, 2.05) is 11.4 Å². The number of thiophene rings is 1. The third-order valence-electron chi connectivity index (χ3n) is 2.69. The first-order chi connectivity index (χ1) is 7.75. The molecule has 0 saturated carbocycles. The van der Waals surface area contributed by atoms with Gasteiger partial charge in [-0.05, 0) is 47.4 Å². The third-order valence-corrected chi connectivity index (χ3v) is 4.48. The molecule has 16 heavy (non-hydrogen) atoms. The van der Waals surface area contributed by atoms with Crippen molar-refractivity contribution in [3.63, 3.8) is 0 Å². The number of rotatable bonds is 4. The van der Waals surface area contributed by atoms with Gasteiger partial charge in [-0.15, -0.1) is 11.3 Å². The maximum absolute atomic E-state index is 11.7. The number of nitrogens with one attached hydrogen (secondary N) is 1. The zero-order valence-corrected chi connectivity index (χ0v) is 11.8. The summed E-state index contributed by atoms with van der Waals surface area (Å²) in [5.74, 6) is 0.668. The Balaban J connectivity index is 1.71. The molecule has 3 nitrogen and oxygen atoms in total. The van der Waals surface area contributed by atoms with Crippen LogP contribution in [0.2, 0.25) is 0 Å². The van der Waals surface area contributed by atoms with E-state index in [1.165, 1.54) is 0 Å². The van der Waals surface area contributed by atoms with E-state index in [2.05, 4.69) is 27.9 Å². The number of hydrogen-bond donors (Lipinski definition) is 1. The van der Waals surface area contributed by atoms with Crippen LogP contribution in [-0.2, 0) is 4.74 Å². The summed E-state index contributed by atoms with van der Waals surface area (Å²) in [6.07, 6.45) is 2.15. The minimum Gasteiger partial charge on any atom is -0.381 e. The molecule has 1 aliphatic heterocycles. The highest BCUT2D eigenvalue weighted by Gasteiger charge is 2.15. The normalized spacial score (nSPS) is 19.9. The smallest absolute Gasteiger partial charge is 0.252 e. The second-order valence-electron chi connectivity index (χ2n) is 3.91. The summed E-state index contributed by atoms with van der Waals surface area (Å²) < 4.78 is 6.44. The SMILES string of the molecule is O=C(NCCC1CCOC1)c1csc(I)c1. The lowest BCUT2D eigenvalue weighted by molar-refractivity contribution is 0.0951. The third kappa shape index (κ3) is 3.43. The van der Waals surface area contributed by atoms with Gasteiger partial charge in [-0.25, -0.2) is 0 Å². The van der Waals surface area contributed by atoms with Crippen molar-refractivity contribution in [2.75, 3.05) is 19.8 Å².